The Kier molecular flexibility index (Phi) is 8.03. The molecule has 0 radical (unpaired) electrons. The molecule has 40 heavy (non-hydrogen) atoms. The van der Waals surface area contributed by atoms with Gasteiger partial charge in [0.05, 0.1) is 10.9 Å². The number of hydrogen-bond donors (Lipinski definition) is 1. The van der Waals surface area contributed by atoms with Crippen LogP contribution in [0.3, 0.4) is 0 Å². The van der Waals surface area contributed by atoms with E-state index in [4.69, 9.17) is 0 Å². The summed E-state index contributed by atoms with van der Waals surface area (Å²) >= 11 is 1.89. The van der Waals surface area contributed by atoms with E-state index in [1.807, 2.05) is 76.9 Å². The molecule has 1 unspecified atom stereocenters. The van der Waals surface area contributed by atoms with Crippen LogP contribution in [0.1, 0.15) is 52.6 Å². The first-order valence-electron chi connectivity index (χ1n) is 14.1. The van der Waals surface area contributed by atoms with Crippen molar-refractivity contribution in [2.45, 2.75) is 56.1 Å². The summed E-state index contributed by atoms with van der Waals surface area (Å²) in [5, 5.41) is 1.84. The van der Waals surface area contributed by atoms with Gasteiger partial charge in [-0.2, -0.15) is 0 Å². The van der Waals surface area contributed by atoms with Gasteiger partial charge in [0.25, 0.3) is 0 Å². The fourth-order valence-corrected chi connectivity index (χ4v) is 8.30. The molecule has 1 saturated heterocycles. The molecule has 3 aromatic carbocycles. The second-order valence-corrected chi connectivity index (χ2v) is 13.8. The van der Waals surface area contributed by atoms with Crippen LogP contribution in [0.25, 0.3) is 10.8 Å². The third kappa shape index (κ3) is 6.15. The zero-order valence-electron chi connectivity index (χ0n) is 22.6. The van der Waals surface area contributed by atoms with E-state index in [1.54, 1.807) is 12.1 Å². The standard InChI is InChI=1S/C32H35N3O3S2/c36-32(35-18-15-31-27(22-35)19-28(39-31)23-34-16-7-2-8-17-34)21-30(25-10-3-1-4-11-25)33-40(37,38)29-14-13-24-9-5-6-12-26(24)20-29/h1,3-6,9-14,19-20,30,33H,2,7-8,15-18,21-23H2. The van der Waals surface area contributed by atoms with Crippen LogP contribution in [0.2, 0.25) is 0 Å². The Bertz CT molecular complexity index is 1590. The van der Waals surface area contributed by atoms with E-state index in [0.29, 0.717) is 13.1 Å². The predicted molar refractivity (Wildman–Crippen MR) is 161 cm³/mol. The second kappa shape index (κ2) is 11.8. The van der Waals surface area contributed by atoms with Crippen molar-refractivity contribution < 1.29 is 13.2 Å². The largest absolute Gasteiger partial charge is 0.338 e. The summed E-state index contributed by atoms with van der Waals surface area (Å²) in [5.74, 6) is -0.0375. The van der Waals surface area contributed by atoms with E-state index in [9.17, 15) is 13.2 Å². The first-order chi connectivity index (χ1) is 19.4. The first-order valence-corrected chi connectivity index (χ1v) is 16.4. The fraction of sp³-hybridized carbons (Fsp3) is 0.344. The van der Waals surface area contributed by atoms with Crippen molar-refractivity contribution in [1.29, 1.82) is 0 Å². The number of sulfonamides is 1. The molecule has 6 nitrogen and oxygen atoms in total. The SMILES string of the molecule is O=C(CC(NS(=O)(=O)c1ccc2ccccc2c1)c1ccccc1)N1CCc2sc(CN3CCCCC3)cc2C1. The molecule has 1 fully saturated rings. The van der Waals surface area contributed by atoms with Gasteiger partial charge in [-0.1, -0.05) is 67.1 Å². The molecule has 3 heterocycles. The number of thiophene rings is 1. The highest BCUT2D eigenvalue weighted by Crippen LogP contribution is 2.31. The van der Waals surface area contributed by atoms with E-state index < -0.39 is 16.1 Å². The van der Waals surface area contributed by atoms with Gasteiger partial charge in [-0.05, 0) is 72.5 Å². The van der Waals surface area contributed by atoms with Crippen LogP contribution in [-0.4, -0.2) is 43.8 Å². The molecule has 0 aliphatic carbocycles. The van der Waals surface area contributed by atoms with Crippen LogP contribution in [0.5, 0.6) is 0 Å². The van der Waals surface area contributed by atoms with Gasteiger partial charge in [0.1, 0.15) is 0 Å². The zero-order chi connectivity index (χ0) is 27.5. The molecule has 1 aromatic heterocycles. The lowest BCUT2D eigenvalue weighted by molar-refractivity contribution is -0.132. The molecule has 2 aliphatic heterocycles. The highest BCUT2D eigenvalue weighted by atomic mass is 32.2. The minimum atomic E-state index is -3.86. The van der Waals surface area contributed by atoms with Crippen molar-refractivity contribution in [3.8, 4) is 0 Å². The lowest BCUT2D eigenvalue weighted by Gasteiger charge is -2.29. The lowest BCUT2D eigenvalue weighted by Crippen LogP contribution is -2.38. The number of carbonyl (C=O) groups is 1. The van der Waals surface area contributed by atoms with Crippen LogP contribution in [-0.2, 0) is 34.3 Å². The average Bonchev–Trinajstić information content (AvgIpc) is 3.39. The summed E-state index contributed by atoms with van der Waals surface area (Å²) in [6, 6.07) is 23.8. The van der Waals surface area contributed by atoms with E-state index in [2.05, 4.69) is 15.7 Å². The number of benzene rings is 3. The smallest absolute Gasteiger partial charge is 0.241 e. The molecular formula is C32H35N3O3S2. The van der Waals surface area contributed by atoms with Gasteiger partial charge < -0.3 is 4.90 Å². The third-order valence-electron chi connectivity index (χ3n) is 8.01. The Morgan fingerprint density at radius 2 is 1.62 bits per heavy atom. The Hall–Kier alpha value is -3.04. The summed E-state index contributed by atoms with van der Waals surface area (Å²) in [6.07, 6.45) is 4.81. The fourth-order valence-electron chi connectivity index (χ4n) is 5.83. The number of nitrogens with one attached hydrogen (secondary N) is 1. The van der Waals surface area contributed by atoms with Crippen molar-refractivity contribution in [2.24, 2.45) is 0 Å². The maximum absolute atomic E-state index is 13.6. The number of nitrogens with zero attached hydrogens (tertiary/aromatic N) is 2. The molecule has 0 spiro atoms. The quantitative estimate of drug-likeness (QED) is 0.286. The van der Waals surface area contributed by atoms with Crippen LogP contribution >= 0.6 is 11.3 Å². The highest BCUT2D eigenvalue weighted by molar-refractivity contribution is 7.89. The number of amides is 1. The van der Waals surface area contributed by atoms with Crippen LogP contribution in [0, 0.1) is 0 Å². The van der Waals surface area contributed by atoms with Crippen LogP contribution < -0.4 is 4.72 Å². The van der Waals surface area contributed by atoms with Gasteiger partial charge in [0, 0.05) is 35.8 Å². The number of rotatable bonds is 8. The zero-order valence-corrected chi connectivity index (χ0v) is 24.2. The summed E-state index contributed by atoms with van der Waals surface area (Å²) in [4.78, 5) is 21.0. The average molecular weight is 574 g/mol. The Morgan fingerprint density at radius 3 is 2.42 bits per heavy atom. The monoisotopic (exact) mass is 573 g/mol. The molecule has 1 atom stereocenters. The summed E-state index contributed by atoms with van der Waals surface area (Å²) in [5.41, 5.74) is 2.02. The molecule has 0 saturated carbocycles. The van der Waals surface area contributed by atoms with Crippen molar-refractivity contribution >= 4 is 38.0 Å². The van der Waals surface area contributed by atoms with Crippen molar-refractivity contribution in [3.63, 3.8) is 0 Å². The van der Waals surface area contributed by atoms with Gasteiger partial charge >= 0.3 is 0 Å². The molecule has 6 rings (SSSR count). The topological polar surface area (TPSA) is 69.7 Å². The van der Waals surface area contributed by atoms with E-state index in [1.165, 1.54) is 47.7 Å². The lowest BCUT2D eigenvalue weighted by atomic mass is 10.0. The van der Waals surface area contributed by atoms with Gasteiger partial charge in [-0.25, -0.2) is 13.1 Å². The number of likely N-dealkylation sites (tertiary alicyclic amines) is 1. The van der Waals surface area contributed by atoms with Crippen molar-refractivity contribution in [3.05, 3.63) is 99.7 Å². The van der Waals surface area contributed by atoms with E-state index in [-0.39, 0.29) is 17.2 Å². The Morgan fingerprint density at radius 1 is 0.875 bits per heavy atom. The minimum Gasteiger partial charge on any atom is -0.338 e. The second-order valence-electron chi connectivity index (χ2n) is 10.9. The van der Waals surface area contributed by atoms with Crippen molar-refractivity contribution in [1.82, 2.24) is 14.5 Å². The molecule has 2 aliphatic rings. The maximum atomic E-state index is 13.6. The van der Waals surface area contributed by atoms with Crippen LogP contribution in [0.4, 0.5) is 0 Å². The maximum Gasteiger partial charge on any atom is 0.241 e. The molecule has 1 N–H and O–H groups in total. The summed E-state index contributed by atoms with van der Waals surface area (Å²) in [6.45, 7) is 4.59. The third-order valence-corrected chi connectivity index (χ3v) is 10.7. The van der Waals surface area contributed by atoms with Crippen molar-refractivity contribution in [2.75, 3.05) is 19.6 Å². The van der Waals surface area contributed by atoms with Gasteiger partial charge in [0.15, 0.2) is 0 Å². The number of hydrogen-bond acceptors (Lipinski definition) is 5. The molecule has 8 heteroatoms. The number of piperidine rings is 1. The molecule has 1 amide bonds. The Balaban J connectivity index is 1.17. The molecular weight excluding hydrogens is 539 g/mol. The van der Waals surface area contributed by atoms with Gasteiger partial charge in [-0.3, -0.25) is 9.69 Å². The predicted octanol–water partition coefficient (Wildman–Crippen LogP) is 5.88. The highest BCUT2D eigenvalue weighted by Gasteiger charge is 2.29. The van der Waals surface area contributed by atoms with E-state index in [0.717, 1.165) is 29.3 Å². The number of fused-ring (bicyclic) bond motifs is 2. The summed E-state index contributed by atoms with van der Waals surface area (Å²) < 4.78 is 29.9. The minimum absolute atomic E-state index is 0.0375. The summed E-state index contributed by atoms with van der Waals surface area (Å²) in [7, 11) is -3.86. The Labute approximate surface area is 240 Å². The van der Waals surface area contributed by atoms with Gasteiger partial charge in [0.2, 0.25) is 15.9 Å². The normalized spacial score (nSPS) is 17.1. The first kappa shape index (κ1) is 27.1. The number of carbonyl (C=O) groups excluding carboxylic acids is 1. The molecule has 0 bridgehead atoms. The van der Waals surface area contributed by atoms with Gasteiger partial charge in [-0.15, -0.1) is 11.3 Å². The molecule has 208 valence electrons. The molecule has 4 aromatic rings. The van der Waals surface area contributed by atoms with E-state index >= 15 is 0 Å². The van der Waals surface area contributed by atoms with Crippen LogP contribution in [0.15, 0.2) is 83.8 Å².